The first kappa shape index (κ1) is 12.0. The predicted octanol–water partition coefficient (Wildman–Crippen LogP) is 5.81. The van der Waals surface area contributed by atoms with Crippen LogP contribution in [-0.2, 0) is 0 Å². The van der Waals surface area contributed by atoms with E-state index in [9.17, 15) is 0 Å². The Balaban J connectivity index is 2.23. The average Bonchev–Trinajstić information content (AvgIpc) is 2.47. The van der Waals surface area contributed by atoms with E-state index in [0.717, 1.165) is 6.42 Å². The van der Waals surface area contributed by atoms with Crippen molar-refractivity contribution in [3.8, 4) is 0 Å². The fraction of sp³-hybridized carbons (Fsp3) is 0.158. The summed E-state index contributed by atoms with van der Waals surface area (Å²) in [5.41, 5.74) is 1.32. The van der Waals surface area contributed by atoms with Crippen molar-refractivity contribution in [1.29, 1.82) is 0 Å². The van der Waals surface area contributed by atoms with Crippen molar-refractivity contribution >= 4 is 27.6 Å². The molecule has 0 saturated heterocycles. The van der Waals surface area contributed by atoms with Gasteiger partial charge in [-0.15, -0.1) is 0 Å². The summed E-state index contributed by atoms with van der Waals surface area (Å²) in [7, 11) is 0. The van der Waals surface area contributed by atoms with E-state index in [-0.39, 0.29) is 0 Å². The molecule has 0 aliphatic carbocycles. The Bertz CT molecular complexity index is 735. The van der Waals surface area contributed by atoms with Crippen molar-refractivity contribution in [2.75, 3.05) is 0 Å². The van der Waals surface area contributed by atoms with Crippen LogP contribution in [-0.4, -0.2) is 0 Å². The Hall–Kier alpha value is -2.08. The summed E-state index contributed by atoms with van der Waals surface area (Å²) in [5.74, 6) is 0. The third-order valence-electron chi connectivity index (χ3n) is 3.57. The molecule has 0 amide bonds. The molecule has 0 bridgehead atoms. The van der Waals surface area contributed by atoms with Crippen LogP contribution in [0.2, 0.25) is 0 Å². The molecule has 3 aromatic rings. The number of rotatable bonds is 3. The normalized spacial score (nSPS) is 11.6. The molecule has 0 aliphatic heterocycles. The number of fused-ring (bicyclic) bond motifs is 3. The van der Waals surface area contributed by atoms with Gasteiger partial charge in [0.1, 0.15) is 0 Å². The lowest BCUT2D eigenvalue weighted by Crippen LogP contribution is -1.81. The van der Waals surface area contributed by atoms with Gasteiger partial charge in [0, 0.05) is 0 Å². The number of benzene rings is 3. The molecule has 0 spiro atoms. The predicted molar refractivity (Wildman–Crippen MR) is 85.4 cm³/mol. The molecule has 0 nitrogen and oxygen atoms in total. The molecule has 0 aromatic heterocycles. The molecule has 0 saturated carbocycles. The zero-order chi connectivity index (χ0) is 13.1. The van der Waals surface area contributed by atoms with Gasteiger partial charge in [0.05, 0.1) is 0 Å². The number of allylic oxidation sites excluding steroid dienone is 1. The van der Waals surface area contributed by atoms with Crippen molar-refractivity contribution in [3.63, 3.8) is 0 Å². The number of hydrogen-bond donors (Lipinski definition) is 0. The van der Waals surface area contributed by atoms with Crippen LogP contribution in [0.25, 0.3) is 27.6 Å². The van der Waals surface area contributed by atoms with E-state index in [1.165, 1.54) is 33.5 Å². The van der Waals surface area contributed by atoms with Gasteiger partial charge in [-0.2, -0.15) is 0 Å². The van der Waals surface area contributed by atoms with Crippen LogP contribution in [0.3, 0.4) is 0 Å². The van der Waals surface area contributed by atoms with Crippen LogP contribution >= 0.6 is 0 Å². The van der Waals surface area contributed by atoms with E-state index in [1.54, 1.807) is 0 Å². The summed E-state index contributed by atoms with van der Waals surface area (Å²) in [6.07, 6.45) is 6.86. The molecule has 0 heterocycles. The summed E-state index contributed by atoms with van der Waals surface area (Å²) in [4.78, 5) is 0. The van der Waals surface area contributed by atoms with E-state index >= 15 is 0 Å². The highest BCUT2D eigenvalue weighted by atomic mass is 14.1. The minimum absolute atomic E-state index is 1.14. The molecule has 0 aliphatic rings. The van der Waals surface area contributed by atoms with Gasteiger partial charge >= 0.3 is 0 Å². The molecule has 3 rings (SSSR count). The van der Waals surface area contributed by atoms with Gasteiger partial charge in [-0.1, -0.05) is 80.1 Å². The fourth-order valence-electron chi connectivity index (χ4n) is 2.59. The van der Waals surface area contributed by atoms with Gasteiger partial charge in [0.25, 0.3) is 0 Å². The molecule has 0 N–H and O–H groups in total. The highest BCUT2D eigenvalue weighted by Gasteiger charge is 2.02. The lowest BCUT2D eigenvalue weighted by Gasteiger charge is -2.06. The zero-order valence-corrected chi connectivity index (χ0v) is 11.3. The van der Waals surface area contributed by atoms with Crippen molar-refractivity contribution in [2.45, 2.75) is 19.8 Å². The minimum atomic E-state index is 1.14. The summed E-state index contributed by atoms with van der Waals surface area (Å²) in [6, 6.07) is 19.6. The largest absolute Gasteiger partial charge is 0.0839 e. The third kappa shape index (κ3) is 2.26. The van der Waals surface area contributed by atoms with Crippen molar-refractivity contribution in [2.24, 2.45) is 0 Å². The second-order valence-electron chi connectivity index (χ2n) is 4.92. The molecule has 0 radical (unpaired) electrons. The third-order valence-corrected chi connectivity index (χ3v) is 3.57. The van der Waals surface area contributed by atoms with Crippen molar-refractivity contribution < 1.29 is 0 Å². The Morgan fingerprint density at radius 1 is 0.789 bits per heavy atom. The standard InChI is InChI=1S/C19H18/c1-2-3-4-8-15-10-7-12-19-17-11-6-5-9-16(17)13-14-18(15)19/h4-14H,2-3H2,1H3. The van der Waals surface area contributed by atoms with Crippen LogP contribution in [0, 0.1) is 0 Å². The van der Waals surface area contributed by atoms with Gasteiger partial charge in [-0.3, -0.25) is 0 Å². The van der Waals surface area contributed by atoms with Crippen molar-refractivity contribution in [1.82, 2.24) is 0 Å². The molecule has 19 heavy (non-hydrogen) atoms. The zero-order valence-electron chi connectivity index (χ0n) is 11.3. The van der Waals surface area contributed by atoms with Gasteiger partial charge in [0.2, 0.25) is 0 Å². The summed E-state index contributed by atoms with van der Waals surface area (Å²) in [6.45, 7) is 2.21. The summed E-state index contributed by atoms with van der Waals surface area (Å²) in [5, 5.41) is 5.33. The molecule has 0 heteroatoms. The van der Waals surface area contributed by atoms with Crippen molar-refractivity contribution in [3.05, 3.63) is 66.2 Å². The quantitative estimate of drug-likeness (QED) is 0.512. The fourth-order valence-corrected chi connectivity index (χ4v) is 2.59. The first-order chi connectivity index (χ1) is 9.40. The molecular formula is C19H18. The molecule has 3 aromatic carbocycles. The van der Waals surface area contributed by atoms with E-state index in [0.29, 0.717) is 0 Å². The van der Waals surface area contributed by atoms with E-state index in [2.05, 4.69) is 73.7 Å². The van der Waals surface area contributed by atoms with Gasteiger partial charge < -0.3 is 0 Å². The van der Waals surface area contributed by atoms with Gasteiger partial charge in [-0.25, -0.2) is 0 Å². The van der Waals surface area contributed by atoms with E-state index in [4.69, 9.17) is 0 Å². The maximum absolute atomic E-state index is 2.27. The van der Waals surface area contributed by atoms with E-state index in [1.807, 2.05) is 0 Å². The topological polar surface area (TPSA) is 0 Å². The lowest BCUT2D eigenvalue weighted by atomic mass is 9.98. The minimum Gasteiger partial charge on any atom is -0.0839 e. The SMILES string of the molecule is CCCC=Cc1cccc2c1ccc1ccccc12. The van der Waals surface area contributed by atoms with Gasteiger partial charge in [0.15, 0.2) is 0 Å². The highest BCUT2D eigenvalue weighted by Crippen LogP contribution is 2.28. The van der Waals surface area contributed by atoms with Crippen LogP contribution in [0.4, 0.5) is 0 Å². The van der Waals surface area contributed by atoms with Crippen LogP contribution in [0.15, 0.2) is 60.7 Å². The second kappa shape index (κ2) is 5.27. The first-order valence-corrected chi connectivity index (χ1v) is 6.97. The smallest absolute Gasteiger partial charge is 0.00994 e. The Kier molecular flexibility index (Phi) is 3.33. The molecule has 94 valence electrons. The van der Waals surface area contributed by atoms with Crippen LogP contribution < -0.4 is 0 Å². The Morgan fingerprint density at radius 3 is 2.53 bits per heavy atom. The molecule has 0 unspecified atom stereocenters. The van der Waals surface area contributed by atoms with Crippen LogP contribution in [0.5, 0.6) is 0 Å². The number of hydrogen-bond acceptors (Lipinski definition) is 0. The number of unbranched alkanes of at least 4 members (excludes halogenated alkanes) is 1. The van der Waals surface area contributed by atoms with E-state index < -0.39 is 0 Å². The molecular weight excluding hydrogens is 228 g/mol. The summed E-state index contributed by atoms with van der Waals surface area (Å²) >= 11 is 0. The van der Waals surface area contributed by atoms with Gasteiger partial charge in [-0.05, 0) is 33.5 Å². The maximum Gasteiger partial charge on any atom is -0.00994 e. The highest BCUT2D eigenvalue weighted by molar-refractivity contribution is 6.09. The first-order valence-electron chi connectivity index (χ1n) is 6.97. The molecule has 0 fully saturated rings. The Morgan fingerprint density at radius 2 is 1.63 bits per heavy atom. The lowest BCUT2D eigenvalue weighted by molar-refractivity contribution is 0.962. The molecule has 0 atom stereocenters. The van der Waals surface area contributed by atoms with Crippen LogP contribution in [0.1, 0.15) is 25.3 Å². The average molecular weight is 246 g/mol. The monoisotopic (exact) mass is 246 g/mol. The summed E-state index contributed by atoms with van der Waals surface area (Å²) < 4.78 is 0. The Labute approximate surface area is 114 Å². The second-order valence-corrected chi connectivity index (χ2v) is 4.92. The maximum atomic E-state index is 2.27.